The summed E-state index contributed by atoms with van der Waals surface area (Å²) in [6.07, 6.45) is -2.61. The van der Waals surface area contributed by atoms with Crippen molar-refractivity contribution >= 4 is 5.91 Å². The molecule has 1 N–H and O–H groups in total. The molecule has 0 aliphatic heterocycles. The van der Waals surface area contributed by atoms with Crippen molar-refractivity contribution in [2.24, 2.45) is 0 Å². The number of aliphatic hydroxyl groups is 1. The number of methoxy groups -OCH3 is 1. The number of carbonyl (C=O) groups is 1. The quantitative estimate of drug-likeness (QED) is 0.829. The van der Waals surface area contributed by atoms with Crippen molar-refractivity contribution < 1.29 is 23.4 Å². The van der Waals surface area contributed by atoms with Gasteiger partial charge in [-0.3, -0.25) is 4.79 Å². The van der Waals surface area contributed by atoms with Crippen LogP contribution in [-0.2, 0) is 11.2 Å². The maximum atomic E-state index is 12.4. The molecule has 0 heterocycles. The highest BCUT2D eigenvalue weighted by molar-refractivity contribution is 5.79. The van der Waals surface area contributed by atoms with Crippen molar-refractivity contribution in [3.05, 3.63) is 29.3 Å². The highest BCUT2D eigenvalue weighted by Gasteiger charge is 2.18. The van der Waals surface area contributed by atoms with Crippen LogP contribution >= 0.6 is 0 Å². The molecule has 1 rings (SSSR count). The van der Waals surface area contributed by atoms with Gasteiger partial charge in [0.2, 0.25) is 5.91 Å². The number of aryl methyl sites for hydroxylation is 1. The van der Waals surface area contributed by atoms with Crippen LogP contribution in [0.15, 0.2) is 18.2 Å². The van der Waals surface area contributed by atoms with E-state index in [0.717, 1.165) is 10.5 Å². The summed E-state index contributed by atoms with van der Waals surface area (Å²) in [5, 5.41) is 8.82. The van der Waals surface area contributed by atoms with Gasteiger partial charge in [0.25, 0.3) is 6.43 Å². The Bertz CT molecular complexity index is 452. The monoisotopic (exact) mass is 287 g/mol. The van der Waals surface area contributed by atoms with E-state index in [0.29, 0.717) is 11.3 Å². The second-order valence-corrected chi connectivity index (χ2v) is 4.44. The van der Waals surface area contributed by atoms with Crippen LogP contribution in [0.2, 0.25) is 0 Å². The zero-order valence-electron chi connectivity index (χ0n) is 11.6. The first-order valence-electron chi connectivity index (χ1n) is 6.28. The van der Waals surface area contributed by atoms with Crippen molar-refractivity contribution in [2.75, 3.05) is 26.8 Å². The van der Waals surface area contributed by atoms with Gasteiger partial charge in [-0.15, -0.1) is 0 Å². The molecule has 0 bridgehead atoms. The molecular formula is C14H19F2NO3. The Kier molecular flexibility index (Phi) is 6.38. The molecule has 4 nitrogen and oxygen atoms in total. The lowest BCUT2D eigenvalue weighted by molar-refractivity contribution is -0.133. The molecule has 0 saturated carbocycles. The van der Waals surface area contributed by atoms with Gasteiger partial charge >= 0.3 is 0 Å². The number of benzene rings is 1. The van der Waals surface area contributed by atoms with Gasteiger partial charge in [-0.05, 0) is 24.1 Å². The molecule has 0 radical (unpaired) electrons. The summed E-state index contributed by atoms with van der Waals surface area (Å²) in [4.78, 5) is 12.9. The number of rotatable bonds is 7. The van der Waals surface area contributed by atoms with Gasteiger partial charge in [0, 0.05) is 6.54 Å². The molecule has 0 aliphatic rings. The minimum Gasteiger partial charge on any atom is -0.496 e. The zero-order valence-corrected chi connectivity index (χ0v) is 11.6. The number of amides is 1. The van der Waals surface area contributed by atoms with Crippen molar-refractivity contribution in [3.63, 3.8) is 0 Å². The number of hydrogen-bond acceptors (Lipinski definition) is 3. The van der Waals surface area contributed by atoms with Crippen LogP contribution in [0.1, 0.15) is 11.1 Å². The van der Waals surface area contributed by atoms with Gasteiger partial charge in [0.05, 0.1) is 26.7 Å². The molecular weight excluding hydrogens is 268 g/mol. The predicted molar refractivity (Wildman–Crippen MR) is 71.1 cm³/mol. The van der Waals surface area contributed by atoms with Gasteiger partial charge in [0.15, 0.2) is 0 Å². The van der Waals surface area contributed by atoms with Gasteiger partial charge in [-0.25, -0.2) is 8.78 Å². The Labute approximate surface area is 117 Å². The average molecular weight is 287 g/mol. The molecule has 20 heavy (non-hydrogen) atoms. The second kappa shape index (κ2) is 7.79. The molecule has 0 spiro atoms. The first-order valence-corrected chi connectivity index (χ1v) is 6.28. The number of alkyl halides is 2. The van der Waals surface area contributed by atoms with Gasteiger partial charge < -0.3 is 14.7 Å². The van der Waals surface area contributed by atoms with Crippen LogP contribution in [0.25, 0.3) is 0 Å². The fraction of sp³-hybridized carbons (Fsp3) is 0.500. The van der Waals surface area contributed by atoms with E-state index in [2.05, 4.69) is 0 Å². The van der Waals surface area contributed by atoms with E-state index in [1.807, 2.05) is 13.0 Å². The largest absolute Gasteiger partial charge is 0.496 e. The number of ether oxygens (including phenoxy) is 1. The van der Waals surface area contributed by atoms with Crippen LogP contribution in [0.5, 0.6) is 5.75 Å². The molecule has 0 atom stereocenters. The topological polar surface area (TPSA) is 49.8 Å². The van der Waals surface area contributed by atoms with E-state index >= 15 is 0 Å². The van der Waals surface area contributed by atoms with Crippen LogP contribution < -0.4 is 4.74 Å². The molecule has 6 heteroatoms. The summed E-state index contributed by atoms with van der Waals surface area (Å²) in [7, 11) is 1.53. The van der Waals surface area contributed by atoms with Crippen LogP contribution in [0, 0.1) is 6.92 Å². The first-order chi connectivity index (χ1) is 9.47. The minimum absolute atomic E-state index is 0.00333. The highest BCUT2D eigenvalue weighted by Crippen LogP contribution is 2.19. The maximum absolute atomic E-state index is 12.4. The highest BCUT2D eigenvalue weighted by atomic mass is 19.3. The van der Waals surface area contributed by atoms with E-state index in [-0.39, 0.29) is 19.6 Å². The standard InChI is InChI=1S/C14H19F2NO3/c1-10-3-4-11(7-12(10)20-2)8-14(19)17(5-6-18)9-13(15)16/h3-4,7,13,18H,5-6,8-9H2,1-2H3. The maximum Gasteiger partial charge on any atom is 0.255 e. The molecule has 1 aromatic carbocycles. The Morgan fingerprint density at radius 2 is 2.15 bits per heavy atom. The van der Waals surface area contributed by atoms with Crippen molar-refractivity contribution in [1.29, 1.82) is 0 Å². The molecule has 0 unspecified atom stereocenters. The van der Waals surface area contributed by atoms with Crippen molar-refractivity contribution in [2.45, 2.75) is 19.8 Å². The number of nitrogens with zero attached hydrogens (tertiary/aromatic N) is 1. The van der Waals surface area contributed by atoms with Crippen molar-refractivity contribution in [1.82, 2.24) is 4.90 Å². The van der Waals surface area contributed by atoms with E-state index in [1.54, 1.807) is 12.1 Å². The summed E-state index contributed by atoms with van der Waals surface area (Å²) in [6, 6.07) is 5.28. The molecule has 112 valence electrons. The summed E-state index contributed by atoms with van der Waals surface area (Å²) in [5.74, 6) is 0.211. The number of hydrogen-bond donors (Lipinski definition) is 1. The lowest BCUT2D eigenvalue weighted by Gasteiger charge is -2.21. The van der Waals surface area contributed by atoms with E-state index in [4.69, 9.17) is 9.84 Å². The molecule has 1 amide bonds. The Morgan fingerprint density at radius 1 is 1.45 bits per heavy atom. The van der Waals surface area contributed by atoms with Gasteiger partial charge in [-0.1, -0.05) is 12.1 Å². The summed E-state index contributed by atoms with van der Waals surface area (Å²) < 4.78 is 29.9. The summed E-state index contributed by atoms with van der Waals surface area (Å²) >= 11 is 0. The summed E-state index contributed by atoms with van der Waals surface area (Å²) in [6.45, 7) is 0.781. The molecule has 0 aliphatic carbocycles. The van der Waals surface area contributed by atoms with Crippen LogP contribution in [0.3, 0.4) is 0 Å². The normalized spacial score (nSPS) is 10.7. The Hall–Kier alpha value is -1.69. The van der Waals surface area contributed by atoms with E-state index < -0.39 is 18.9 Å². The fourth-order valence-electron chi connectivity index (χ4n) is 1.87. The number of carbonyl (C=O) groups excluding carboxylic acids is 1. The number of aliphatic hydroxyl groups excluding tert-OH is 1. The lowest BCUT2D eigenvalue weighted by Crippen LogP contribution is -2.38. The third-order valence-electron chi connectivity index (χ3n) is 2.91. The zero-order chi connectivity index (χ0) is 15.1. The van der Waals surface area contributed by atoms with Crippen molar-refractivity contribution in [3.8, 4) is 5.75 Å². The molecule has 0 saturated heterocycles. The second-order valence-electron chi connectivity index (χ2n) is 4.44. The van der Waals surface area contributed by atoms with E-state index in [9.17, 15) is 13.6 Å². The van der Waals surface area contributed by atoms with E-state index in [1.165, 1.54) is 7.11 Å². The SMILES string of the molecule is COc1cc(CC(=O)N(CCO)CC(F)F)ccc1C. The lowest BCUT2D eigenvalue weighted by atomic mass is 10.1. The average Bonchev–Trinajstić information content (AvgIpc) is 2.40. The Balaban J connectivity index is 2.76. The predicted octanol–water partition coefficient (Wildman–Crippen LogP) is 1.63. The van der Waals surface area contributed by atoms with Gasteiger partial charge in [-0.2, -0.15) is 0 Å². The third-order valence-corrected chi connectivity index (χ3v) is 2.91. The minimum atomic E-state index is -2.61. The molecule has 0 aromatic heterocycles. The van der Waals surface area contributed by atoms with Crippen LogP contribution in [0.4, 0.5) is 8.78 Å². The third kappa shape index (κ3) is 4.77. The van der Waals surface area contributed by atoms with Gasteiger partial charge in [0.1, 0.15) is 5.75 Å². The van der Waals surface area contributed by atoms with Crippen LogP contribution in [-0.4, -0.2) is 49.1 Å². The molecule has 0 fully saturated rings. The Morgan fingerprint density at radius 3 is 2.70 bits per heavy atom. The number of halogens is 2. The fourth-order valence-corrected chi connectivity index (χ4v) is 1.87. The summed E-state index contributed by atoms with van der Waals surface area (Å²) in [5.41, 5.74) is 1.62. The molecule has 1 aromatic rings. The smallest absolute Gasteiger partial charge is 0.255 e. The first kappa shape index (κ1) is 16.4.